The molecule has 1 aliphatic rings. The maximum atomic E-state index is 5.59. The van der Waals surface area contributed by atoms with Gasteiger partial charge in [0.1, 0.15) is 12.4 Å². The van der Waals surface area contributed by atoms with Gasteiger partial charge in [0.05, 0.1) is 6.10 Å². The molecule has 2 N–H and O–H groups in total. The summed E-state index contributed by atoms with van der Waals surface area (Å²) in [7, 11) is 0. The highest BCUT2D eigenvalue weighted by atomic mass is 16.5. The van der Waals surface area contributed by atoms with Gasteiger partial charge in [-0.1, -0.05) is 0 Å². The number of rotatable bonds is 3. The van der Waals surface area contributed by atoms with E-state index in [9.17, 15) is 0 Å². The molecular formula is C8H13N3O. The molecule has 1 unspecified atom stereocenters. The molecule has 0 saturated carbocycles. The molecule has 1 atom stereocenters. The normalized spacial score (nSPS) is 23.2. The van der Waals surface area contributed by atoms with Crippen molar-refractivity contribution in [3.05, 3.63) is 18.2 Å². The van der Waals surface area contributed by atoms with E-state index in [0.717, 1.165) is 25.3 Å². The van der Waals surface area contributed by atoms with Crippen LogP contribution < -0.4 is 5.32 Å². The zero-order valence-corrected chi connectivity index (χ0v) is 6.92. The average molecular weight is 167 g/mol. The summed E-state index contributed by atoms with van der Waals surface area (Å²) in [6.45, 7) is 2.64. The number of aromatic amines is 1. The fourth-order valence-corrected chi connectivity index (χ4v) is 1.34. The molecule has 0 radical (unpaired) electrons. The quantitative estimate of drug-likeness (QED) is 0.680. The van der Waals surface area contributed by atoms with Crippen LogP contribution in [0.2, 0.25) is 0 Å². The lowest BCUT2D eigenvalue weighted by molar-refractivity contribution is 0.0504. The van der Waals surface area contributed by atoms with Crippen LogP contribution in [-0.4, -0.2) is 29.2 Å². The molecule has 0 aromatic carbocycles. The average Bonchev–Trinajstić information content (AvgIpc) is 2.74. The summed E-state index contributed by atoms with van der Waals surface area (Å²) in [5.74, 6) is 0.905. The number of hydrogen-bond donors (Lipinski definition) is 2. The van der Waals surface area contributed by atoms with Gasteiger partial charge in [0.25, 0.3) is 0 Å². The minimum absolute atomic E-state index is 0.370. The number of nitrogens with one attached hydrogen (secondary N) is 2. The van der Waals surface area contributed by atoms with Crippen molar-refractivity contribution in [3.8, 4) is 0 Å². The van der Waals surface area contributed by atoms with E-state index < -0.39 is 0 Å². The molecule has 2 heterocycles. The van der Waals surface area contributed by atoms with E-state index >= 15 is 0 Å². The van der Waals surface area contributed by atoms with E-state index in [1.54, 1.807) is 6.20 Å². The number of ether oxygens (including phenoxy) is 1. The molecule has 12 heavy (non-hydrogen) atoms. The van der Waals surface area contributed by atoms with Crippen LogP contribution in [0.4, 0.5) is 0 Å². The lowest BCUT2D eigenvalue weighted by Gasteiger charge is -2.07. The van der Waals surface area contributed by atoms with Gasteiger partial charge >= 0.3 is 0 Å². The molecule has 1 aromatic rings. The van der Waals surface area contributed by atoms with Crippen molar-refractivity contribution in [1.82, 2.24) is 15.3 Å². The molecule has 1 saturated heterocycles. The predicted octanol–water partition coefficient (Wildman–Crippen LogP) is 0.288. The fourth-order valence-electron chi connectivity index (χ4n) is 1.34. The Morgan fingerprint density at radius 2 is 2.67 bits per heavy atom. The molecule has 66 valence electrons. The maximum Gasteiger partial charge on any atom is 0.132 e. The van der Waals surface area contributed by atoms with E-state index in [2.05, 4.69) is 15.3 Å². The Balaban J connectivity index is 1.74. The highest BCUT2D eigenvalue weighted by Gasteiger charge is 2.14. The minimum Gasteiger partial charge on any atom is -0.369 e. The molecule has 1 fully saturated rings. The summed E-state index contributed by atoms with van der Waals surface area (Å²) in [4.78, 5) is 7.08. The minimum atomic E-state index is 0.370. The Labute approximate surface area is 71.3 Å². The number of hydrogen-bond acceptors (Lipinski definition) is 3. The first-order valence-electron chi connectivity index (χ1n) is 4.26. The Morgan fingerprint density at radius 3 is 3.33 bits per heavy atom. The monoisotopic (exact) mass is 167 g/mol. The van der Waals surface area contributed by atoms with Crippen LogP contribution in [0.25, 0.3) is 0 Å². The van der Waals surface area contributed by atoms with Gasteiger partial charge in [-0.2, -0.15) is 0 Å². The Morgan fingerprint density at radius 1 is 1.67 bits per heavy atom. The van der Waals surface area contributed by atoms with E-state index in [-0.39, 0.29) is 0 Å². The van der Waals surface area contributed by atoms with Gasteiger partial charge in [-0.05, 0) is 13.0 Å². The first-order chi connectivity index (χ1) is 5.95. The van der Waals surface area contributed by atoms with Crippen molar-refractivity contribution in [3.63, 3.8) is 0 Å². The Hall–Kier alpha value is -0.870. The maximum absolute atomic E-state index is 5.59. The number of H-pyrrole nitrogens is 1. The number of nitrogens with zero attached hydrogens (tertiary/aromatic N) is 1. The predicted molar refractivity (Wildman–Crippen MR) is 44.7 cm³/mol. The van der Waals surface area contributed by atoms with Crippen molar-refractivity contribution in [2.24, 2.45) is 0 Å². The molecule has 1 aromatic heterocycles. The second-order valence-corrected chi connectivity index (χ2v) is 2.96. The van der Waals surface area contributed by atoms with Crippen LogP contribution in [-0.2, 0) is 11.3 Å². The summed E-state index contributed by atoms with van der Waals surface area (Å²) >= 11 is 0. The van der Waals surface area contributed by atoms with Gasteiger partial charge in [-0.15, -0.1) is 0 Å². The first-order valence-corrected chi connectivity index (χ1v) is 4.26. The zero-order valence-electron chi connectivity index (χ0n) is 6.92. The molecule has 1 aliphatic heterocycles. The third kappa shape index (κ3) is 1.84. The first kappa shape index (κ1) is 7.76. The van der Waals surface area contributed by atoms with Crippen molar-refractivity contribution < 1.29 is 4.74 Å². The molecule has 0 bridgehead atoms. The van der Waals surface area contributed by atoms with Crippen LogP contribution in [0.5, 0.6) is 0 Å². The van der Waals surface area contributed by atoms with Crippen LogP contribution >= 0.6 is 0 Å². The number of aromatic nitrogens is 2. The van der Waals surface area contributed by atoms with Crippen LogP contribution in [0, 0.1) is 0 Å². The summed E-state index contributed by atoms with van der Waals surface area (Å²) < 4.78 is 5.59. The van der Waals surface area contributed by atoms with E-state index in [1.165, 1.54) is 0 Å². The van der Waals surface area contributed by atoms with Crippen LogP contribution in [0.15, 0.2) is 12.4 Å². The molecular weight excluding hydrogens is 154 g/mol. The van der Waals surface area contributed by atoms with Crippen LogP contribution in [0.3, 0.4) is 0 Å². The van der Waals surface area contributed by atoms with Crippen LogP contribution in [0.1, 0.15) is 12.2 Å². The van der Waals surface area contributed by atoms with Crippen molar-refractivity contribution in [2.75, 3.05) is 13.1 Å². The van der Waals surface area contributed by atoms with E-state index in [0.29, 0.717) is 12.7 Å². The molecule has 0 spiro atoms. The second kappa shape index (κ2) is 3.69. The van der Waals surface area contributed by atoms with Crippen molar-refractivity contribution in [2.45, 2.75) is 19.1 Å². The number of imidazole rings is 1. The summed E-state index contributed by atoms with van der Waals surface area (Å²) in [6, 6.07) is 0. The van der Waals surface area contributed by atoms with E-state index in [4.69, 9.17) is 4.74 Å². The van der Waals surface area contributed by atoms with Gasteiger partial charge in [0.2, 0.25) is 0 Å². The fraction of sp³-hybridized carbons (Fsp3) is 0.625. The smallest absolute Gasteiger partial charge is 0.132 e. The molecule has 2 rings (SSSR count). The summed E-state index contributed by atoms with van der Waals surface area (Å²) in [5, 5.41) is 3.25. The van der Waals surface area contributed by atoms with Gasteiger partial charge < -0.3 is 15.0 Å². The van der Waals surface area contributed by atoms with Gasteiger partial charge in [0.15, 0.2) is 0 Å². The molecule has 4 heteroatoms. The zero-order chi connectivity index (χ0) is 8.23. The topological polar surface area (TPSA) is 49.9 Å². The highest BCUT2D eigenvalue weighted by Crippen LogP contribution is 2.05. The van der Waals surface area contributed by atoms with E-state index in [1.807, 2.05) is 6.20 Å². The third-order valence-electron chi connectivity index (χ3n) is 2.03. The molecule has 0 aliphatic carbocycles. The SMILES string of the molecule is c1c[nH]c(COC2CCNC2)n1. The largest absolute Gasteiger partial charge is 0.369 e. The molecule has 4 nitrogen and oxygen atoms in total. The Bertz CT molecular complexity index is 216. The summed E-state index contributed by atoms with van der Waals surface area (Å²) in [5.41, 5.74) is 0. The highest BCUT2D eigenvalue weighted by molar-refractivity contribution is 4.84. The summed E-state index contributed by atoms with van der Waals surface area (Å²) in [6.07, 6.45) is 5.04. The van der Waals surface area contributed by atoms with Crippen molar-refractivity contribution in [1.29, 1.82) is 0 Å². The molecule has 0 amide bonds. The van der Waals surface area contributed by atoms with Gasteiger partial charge in [-0.25, -0.2) is 4.98 Å². The lowest BCUT2D eigenvalue weighted by Crippen LogP contribution is -2.16. The lowest BCUT2D eigenvalue weighted by atomic mass is 10.3. The van der Waals surface area contributed by atoms with Gasteiger partial charge in [0, 0.05) is 18.9 Å². The third-order valence-corrected chi connectivity index (χ3v) is 2.03. The van der Waals surface area contributed by atoms with Crippen molar-refractivity contribution >= 4 is 0 Å². The Kier molecular flexibility index (Phi) is 2.39. The van der Waals surface area contributed by atoms with Gasteiger partial charge in [-0.3, -0.25) is 0 Å². The standard InChI is InChI=1S/C8H13N3O/c1-2-9-5-7(1)12-6-8-10-3-4-11-8/h3-4,7,9H,1-2,5-6H2,(H,10,11). The second-order valence-electron chi connectivity index (χ2n) is 2.96.